The van der Waals surface area contributed by atoms with E-state index < -0.39 is 5.91 Å². The minimum Gasteiger partial charge on any atom is -0.383 e. The lowest BCUT2D eigenvalue weighted by molar-refractivity contribution is 0.0997. The summed E-state index contributed by atoms with van der Waals surface area (Å²) in [4.78, 5) is 14.6. The number of nitrogens with zero attached hydrogens (tertiary/aromatic N) is 2. The number of nitrogen functional groups attached to an aromatic ring is 1. The molecule has 6 N–H and O–H groups in total. The fraction of sp³-hybridized carbons (Fsp3) is 0.500. The molecule has 1 aromatic heterocycles. The highest BCUT2D eigenvalue weighted by molar-refractivity contribution is 5.95. The molecule has 0 aliphatic heterocycles. The van der Waals surface area contributed by atoms with Crippen LogP contribution in [0.15, 0.2) is 6.33 Å². The van der Waals surface area contributed by atoms with E-state index in [1.54, 1.807) is 4.57 Å². The van der Waals surface area contributed by atoms with Crippen LogP contribution in [0.25, 0.3) is 0 Å². The van der Waals surface area contributed by atoms with Crippen molar-refractivity contribution in [1.29, 1.82) is 0 Å². The Morgan fingerprint density at radius 1 is 1.50 bits per heavy atom. The van der Waals surface area contributed by atoms with Crippen molar-refractivity contribution in [2.24, 2.45) is 11.5 Å². The summed E-state index contributed by atoms with van der Waals surface area (Å²) in [5.74, 6) is -0.269. The number of amides is 1. The van der Waals surface area contributed by atoms with E-state index in [9.17, 15) is 4.79 Å². The number of aromatic nitrogens is 2. The average molecular weight is 197 g/mol. The molecule has 0 unspecified atom stereocenters. The van der Waals surface area contributed by atoms with Crippen LogP contribution in [-0.4, -0.2) is 22.0 Å². The highest BCUT2D eigenvalue weighted by Gasteiger charge is 2.11. The molecule has 0 saturated carbocycles. The van der Waals surface area contributed by atoms with Crippen molar-refractivity contribution in [2.75, 3.05) is 12.3 Å². The Kier molecular flexibility index (Phi) is 3.47. The Balaban J connectivity index is 2.65. The van der Waals surface area contributed by atoms with Gasteiger partial charge in [-0.2, -0.15) is 0 Å². The van der Waals surface area contributed by atoms with Gasteiger partial charge in [0.15, 0.2) is 5.69 Å². The van der Waals surface area contributed by atoms with E-state index in [4.69, 9.17) is 17.2 Å². The number of nitrogens with two attached hydrogens (primary N) is 3. The Morgan fingerprint density at radius 3 is 2.71 bits per heavy atom. The van der Waals surface area contributed by atoms with Crippen molar-refractivity contribution < 1.29 is 4.79 Å². The summed E-state index contributed by atoms with van der Waals surface area (Å²) in [5.41, 5.74) is 16.2. The van der Waals surface area contributed by atoms with Gasteiger partial charge < -0.3 is 21.8 Å². The predicted octanol–water partition coefficient (Wildman–Crippen LogP) is -0.697. The summed E-state index contributed by atoms with van der Waals surface area (Å²) in [7, 11) is 0. The van der Waals surface area contributed by atoms with Gasteiger partial charge in [-0.3, -0.25) is 4.79 Å². The summed E-state index contributed by atoms with van der Waals surface area (Å²) in [5, 5.41) is 0. The first-order valence-corrected chi connectivity index (χ1v) is 4.47. The molecule has 0 fully saturated rings. The van der Waals surface area contributed by atoms with Gasteiger partial charge in [-0.1, -0.05) is 0 Å². The largest absolute Gasteiger partial charge is 0.383 e. The number of carbonyl (C=O) groups is 1. The second-order valence-electron chi connectivity index (χ2n) is 3.03. The van der Waals surface area contributed by atoms with Crippen LogP contribution in [0.4, 0.5) is 5.82 Å². The smallest absolute Gasteiger partial charge is 0.271 e. The van der Waals surface area contributed by atoms with Crippen molar-refractivity contribution >= 4 is 11.7 Å². The molecule has 1 rings (SSSR count). The number of unbranched alkanes of at least 4 members (excludes halogenated alkanes) is 1. The van der Waals surface area contributed by atoms with E-state index in [0.29, 0.717) is 18.9 Å². The third-order valence-corrected chi connectivity index (χ3v) is 1.96. The maximum Gasteiger partial charge on any atom is 0.271 e. The molecular formula is C8H15N5O. The Bertz CT molecular complexity index is 320. The van der Waals surface area contributed by atoms with Crippen LogP contribution in [0, 0.1) is 0 Å². The number of imidazole rings is 1. The molecule has 6 nitrogen and oxygen atoms in total. The molecule has 0 aliphatic rings. The van der Waals surface area contributed by atoms with E-state index in [1.165, 1.54) is 6.33 Å². The molecule has 6 heteroatoms. The third-order valence-electron chi connectivity index (χ3n) is 1.96. The number of hydrogen-bond acceptors (Lipinski definition) is 4. The van der Waals surface area contributed by atoms with Crippen LogP contribution in [0.1, 0.15) is 23.3 Å². The van der Waals surface area contributed by atoms with Gasteiger partial charge in [0.2, 0.25) is 0 Å². The van der Waals surface area contributed by atoms with E-state index in [-0.39, 0.29) is 5.69 Å². The number of anilines is 1. The predicted molar refractivity (Wildman–Crippen MR) is 53.4 cm³/mol. The summed E-state index contributed by atoms with van der Waals surface area (Å²) in [6.45, 7) is 1.36. The summed E-state index contributed by atoms with van der Waals surface area (Å²) >= 11 is 0. The molecule has 78 valence electrons. The van der Waals surface area contributed by atoms with Crippen LogP contribution >= 0.6 is 0 Å². The second kappa shape index (κ2) is 4.61. The summed E-state index contributed by atoms with van der Waals surface area (Å²) in [6, 6.07) is 0. The highest BCUT2D eigenvalue weighted by atomic mass is 16.1. The fourth-order valence-electron chi connectivity index (χ4n) is 1.19. The molecule has 0 radical (unpaired) electrons. The number of primary amides is 1. The zero-order chi connectivity index (χ0) is 10.6. The molecular weight excluding hydrogens is 182 g/mol. The second-order valence-corrected chi connectivity index (χ2v) is 3.03. The number of aryl methyl sites for hydroxylation is 1. The molecule has 0 saturated heterocycles. The number of hydrogen-bond donors (Lipinski definition) is 3. The molecule has 1 aromatic rings. The van der Waals surface area contributed by atoms with Crippen LogP contribution in [-0.2, 0) is 6.54 Å². The summed E-state index contributed by atoms with van der Waals surface area (Å²) < 4.78 is 1.70. The van der Waals surface area contributed by atoms with Crippen molar-refractivity contribution in [1.82, 2.24) is 9.55 Å². The van der Waals surface area contributed by atoms with Crippen LogP contribution in [0.2, 0.25) is 0 Å². The molecule has 0 spiro atoms. The maximum atomic E-state index is 10.8. The van der Waals surface area contributed by atoms with E-state index in [2.05, 4.69) is 4.98 Å². The monoisotopic (exact) mass is 197 g/mol. The molecule has 14 heavy (non-hydrogen) atoms. The van der Waals surface area contributed by atoms with Gasteiger partial charge in [0.1, 0.15) is 5.82 Å². The minimum absolute atomic E-state index is 0.137. The maximum absolute atomic E-state index is 10.8. The SMILES string of the molecule is NCCCCn1cnc(C(N)=O)c1N. The normalized spacial score (nSPS) is 10.4. The average Bonchev–Trinajstić information content (AvgIpc) is 2.48. The van der Waals surface area contributed by atoms with Crippen LogP contribution < -0.4 is 17.2 Å². The van der Waals surface area contributed by atoms with Crippen molar-refractivity contribution in [3.05, 3.63) is 12.0 Å². The van der Waals surface area contributed by atoms with Crippen molar-refractivity contribution in [2.45, 2.75) is 19.4 Å². The van der Waals surface area contributed by atoms with Gasteiger partial charge in [-0.05, 0) is 19.4 Å². The Hall–Kier alpha value is -1.56. The van der Waals surface area contributed by atoms with Gasteiger partial charge in [0, 0.05) is 6.54 Å². The quantitative estimate of drug-likeness (QED) is 0.542. The van der Waals surface area contributed by atoms with Gasteiger partial charge in [0.05, 0.1) is 6.33 Å². The van der Waals surface area contributed by atoms with Gasteiger partial charge in [-0.15, -0.1) is 0 Å². The van der Waals surface area contributed by atoms with Gasteiger partial charge in [0.25, 0.3) is 5.91 Å². The molecule has 0 atom stereocenters. The van der Waals surface area contributed by atoms with E-state index in [1.807, 2.05) is 0 Å². The first-order valence-electron chi connectivity index (χ1n) is 4.47. The topological polar surface area (TPSA) is 113 Å². The van der Waals surface area contributed by atoms with Gasteiger partial charge >= 0.3 is 0 Å². The van der Waals surface area contributed by atoms with E-state index in [0.717, 1.165) is 12.8 Å². The lowest BCUT2D eigenvalue weighted by Crippen LogP contribution is -2.14. The minimum atomic E-state index is -0.597. The standard InChI is InChI=1S/C8H15N5O/c9-3-1-2-4-13-5-12-6(7(13)10)8(11)14/h5H,1-4,9-10H2,(H2,11,14). The molecule has 0 aliphatic carbocycles. The van der Waals surface area contributed by atoms with Crippen molar-refractivity contribution in [3.63, 3.8) is 0 Å². The highest BCUT2D eigenvalue weighted by Crippen LogP contribution is 2.09. The zero-order valence-corrected chi connectivity index (χ0v) is 7.94. The van der Waals surface area contributed by atoms with Crippen LogP contribution in [0.5, 0.6) is 0 Å². The first-order chi connectivity index (χ1) is 6.66. The summed E-state index contributed by atoms with van der Waals surface area (Å²) in [6.07, 6.45) is 3.35. The third kappa shape index (κ3) is 2.23. The van der Waals surface area contributed by atoms with Crippen LogP contribution in [0.3, 0.4) is 0 Å². The Morgan fingerprint density at radius 2 is 2.21 bits per heavy atom. The molecule has 0 aromatic carbocycles. The van der Waals surface area contributed by atoms with Crippen molar-refractivity contribution in [3.8, 4) is 0 Å². The molecule has 1 amide bonds. The Labute approximate surface area is 82.1 Å². The van der Waals surface area contributed by atoms with E-state index >= 15 is 0 Å². The first kappa shape index (κ1) is 10.5. The number of carbonyl (C=O) groups excluding carboxylic acids is 1. The number of rotatable bonds is 5. The molecule has 0 bridgehead atoms. The zero-order valence-electron chi connectivity index (χ0n) is 7.94. The lowest BCUT2D eigenvalue weighted by atomic mass is 10.3. The molecule has 1 heterocycles. The fourth-order valence-corrected chi connectivity index (χ4v) is 1.19. The van der Waals surface area contributed by atoms with Gasteiger partial charge in [-0.25, -0.2) is 4.98 Å². The lowest BCUT2D eigenvalue weighted by Gasteiger charge is -2.03.